The van der Waals surface area contributed by atoms with E-state index < -0.39 is 0 Å². The molecule has 0 N–H and O–H groups in total. The van der Waals surface area contributed by atoms with Crippen LogP contribution in [0.3, 0.4) is 0 Å². The van der Waals surface area contributed by atoms with Crippen molar-refractivity contribution in [3.05, 3.63) is 22.2 Å². The number of alkyl halides is 1. The van der Waals surface area contributed by atoms with Crippen LogP contribution >= 0.6 is 31.9 Å². The van der Waals surface area contributed by atoms with Gasteiger partial charge in [-0.15, -0.1) is 0 Å². The number of hydrogen-bond donors (Lipinski definition) is 0. The first kappa shape index (κ1) is 17.1. The van der Waals surface area contributed by atoms with Gasteiger partial charge >= 0.3 is 0 Å². The molecule has 0 amide bonds. The third-order valence-corrected chi connectivity index (χ3v) is 5.39. The van der Waals surface area contributed by atoms with Gasteiger partial charge in [-0.3, -0.25) is 0 Å². The highest BCUT2D eigenvalue weighted by molar-refractivity contribution is 9.11. The van der Waals surface area contributed by atoms with Crippen LogP contribution in [0.2, 0.25) is 0 Å². The Balaban J connectivity index is 2.31. The summed E-state index contributed by atoms with van der Waals surface area (Å²) in [6, 6.07) is 4.03. The fourth-order valence-electron chi connectivity index (χ4n) is 2.57. The zero-order chi connectivity index (χ0) is 15.4. The molecule has 1 aliphatic rings. The standard InChI is InChI=1S/C16H22Br2O3/c1-4-19-13-8-11(12(17)9-14(13)20-5-2)15(18)16-10(3)6-7-21-16/h8-10,15-16H,4-7H2,1-3H3. The highest BCUT2D eigenvalue weighted by Crippen LogP contribution is 2.44. The second kappa shape index (κ2) is 7.84. The maximum atomic E-state index is 5.87. The predicted molar refractivity (Wildman–Crippen MR) is 91.7 cm³/mol. The second-order valence-electron chi connectivity index (χ2n) is 5.19. The van der Waals surface area contributed by atoms with E-state index in [0.29, 0.717) is 19.1 Å². The first-order chi connectivity index (χ1) is 10.1. The Kier molecular flexibility index (Phi) is 6.38. The fraction of sp³-hybridized carbons (Fsp3) is 0.625. The Labute approximate surface area is 143 Å². The maximum Gasteiger partial charge on any atom is 0.162 e. The molecule has 3 nitrogen and oxygen atoms in total. The van der Waals surface area contributed by atoms with Crippen molar-refractivity contribution in [2.24, 2.45) is 5.92 Å². The summed E-state index contributed by atoms with van der Waals surface area (Å²) in [6.45, 7) is 8.25. The molecule has 0 aliphatic carbocycles. The molecular weight excluding hydrogens is 400 g/mol. The lowest BCUT2D eigenvalue weighted by molar-refractivity contribution is 0.0933. The van der Waals surface area contributed by atoms with Crippen molar-refractivity contribution in [1.82, 2.24) is 0 Å². The maximum absolute atomic E-state index is 5.87. The van der Waals surface area contributed by atoms with Gasteiger partial charge in [0, 0.05) is 11.1 Å². The van der Waals surface area contributed by atoms with Gasteiger partial charge in [-0.05, 0) is 43.9 Å². The summed E-state index contributed by atoms with van der Waals surface area (Å²) in [5.41, 5.74) is 1.14. The number of hydrogen-bond acceptors (Lipinski definition) is 3. The Morgan fingerprint density at radius 3 is 2.38 bits per heavy atom. The lowest BCUT2D eigenvalue weighted by Crippen LogP contribution is -2.19. The molecular formula is C16H22Br2O3. The Morgan fingerprint density at radius 1 is 1.24 bits per heavy atom. The van der Waals surface area contributed by atoms with Crippen LogP contribution < -0.4 is 9.47 Å². The van der Waals surface area contributed by atoms with E-state index in [1.165, 1.54) is 0 Å². The van der Waals surface area contributed by atoms with Gasteiger partial charge in [-0.25, -0.2) is 0 Å². The minimum absolute atomic E-state index is 0.138. The van der Waals surface area contributed by atoms with E-state index >= 15 is 0 Å². The van der Waals surface area contributed by atoms with Gasteiger partial charge in [0.15, 0.2) is 11.5 Å². The van der Waals surface area contributed by atoms with Crippen molar-refractivity contribution < 1.29 is 14.2 Å². The van der Waals surface area contributed by atoms with E-state index in [4.69, 9.17) is 14.2 Å². The molecule has 3 atom stereocenters. The largest absolute Gasteiger partial charge is 0.490 e. The summed E-state index contributed by atoms with van der Waals surface area (Å²) in [7, 11) is 0. The summed E-state index contributed by atoms with van der Waals surface area (Å²) >= 11 is 7.45. The van der Waals surface area contributed by atoms with Gasteiger partial charge in [-0.2, -0.15) is 0 Å². The molecule has 21 heavy (non-hydrogen) atoms. The fourth-order valence-corrected chi connectivity index (χ4v) is 4.50. The molecule has 0 saturated carbocycles. The monoisotopic (exact) mass is 420 g/mol. The Hall–Kier alpha value is -0.260. The first-order valence-electron chi connectivity index (χ1n) is 7.43. The van der Waals surface area contributed by atoms with Crippen LogP contribution in [0.15, 0.2) is 16.6 Å². The lowest BCUT2D eigenvalue weighted by Gasteiger charge is -2.23. The van der Waals surface area contributed by atoms with E-state index in [-0.39, 0.29) is 10.9 Å². The molecule has 0 radical (unpaired) electrons. The van der Waals surface area contributed by atoms with Crippen LogP contribution in [0, 0.1) is 5.92 Å². The van der Waals surface area contributed by atoms with Gasteiger partial charge in [-0.1, -0.05) is 38.8 Å². The molecule has 1 saturated heterocycles. The van der Waals surface area contributed by atoms with Crippen molar-refractivity contribution in [3.8, 4) is 11.5 Å². The number of halogens is 2. The summed E-state index contributed by atoms with van der Waals surface area (Å²) < 4.78 is 18.3. The van der Waals surface area contributed by atoms with Gasteiger partial charge in [0.1, 0.15) is 0 Å². The van der Waals surface area contributed by atoms with Crippen molar-refractivity contribution in [2.75, 3.05) is 19.8 Å². The van der Waals surface area contributed by atoms with E-state index in [0.717, 1.165) is 34.6 Å². The van der Waals surface area contributed by atoms with Gasteiger partial charge < -0.3 is 14.2 Å². The highest BCUT2D eigenvalue weighted by Gasteiger charge is 2.33. The van der Waals surface area contributed by atoms with Crippen LogP contribution in [0.25, 0.3) is 0 Å². The molecule has 1 aromatic carbocycles. The number of benzene rings is 1. The van der Waals surface area contributed by atoms with Gasteiger partial charge in [0.25, 0.3) is 0 Å². The highest BCUT2D eigenvalue weighted by atomic mass is 79.9. The third kappa shape index (κ3) is 3.93. The summed E-state index contributed by atoms with van der Waals surface area (Å²) in [5.74, 6) is 2.10. The van der Waals surface area contributed by atoms with Crippen molar-refractivity contribution >= 4 is 31.9 Å². The smallest absolute Gasteiger partial charge is 0.162 e. The molecule has 1 fully saturated rings. The number of rotatable bonds is 6. The topological polar surface area (TPSA) is 27.7 Å². The molecule has 1 aliphatic heterocycles. The van der Waals surface area contributed by atoms with Crippen molar-refractivity contribution in [1.29, 1.82) is 0 Å². The van der Waals surface area contributed by atoms with Crippen LogP contribution in [0.4, 0.5) is 0 Å². The molecule has 5 heteroatoms. The molecule has 3 unspecified atom stereocenters. The van der Waals surface area contributed by atoms with E-state index in [9.17, 15) is 0 Å². The van der Waals surface area contributed by atoms with E-state index in [2.05, 4.69) is 38.8 Å². The second-order valence-corrected chi connectivity index (χ2v) is 7.03. The predicted octanol–water partition coefficient (Wildman–Crippen LogP) is 5.11. The minimum atomic E-state index is 0.138. The Morgan fingerprint density at radius 2 is 1.86 bits per heavy atom. The van der Waals surface area contributed by atoms with Gasteiger partial charge in [0.2, 0.25) is 0 Å². The lowest BCUT2D eigenvalue weighted by atomic mass is 9.97. The Bertz CT molecular complexity index is 479. The van der Waals surface area contributed by atoms with Crippen LogP contribution in [-0.4, -0.2) is 25.9 Å². The quantitative estimate of drug-likeness (QED) is 0.597. The molecule has 0 aromatic heterocycles. The van der Waals surface area contributed by atoms with Crippen LogP contribution in [0.5, 0.6) is 11.5 Å². The SMILES string of the molecule is CCOc1cc(Br)c(C(Br)C2OCCC2C)cc1OCC. The average molecular weight is 422 g/mol. The van der Waals surface area contributed by atoms with Crippen LogP contribution in [-0.2, 0) is 4.74 Å². The first-order valence-corrected chi connectivity index (χ1v) is 9.14. The van der Waals surface area contributed by atoms with Crippen molar-refractivity contribution in [3.63, 3.8) is 0 Å². The molecule has 0 bridgehead atoms. The van der Waals surface area contributed by atoms with Crippen LogP contribution in [0.1, 0.15) is 37.6 Å². The summed E-state index contributed by atoms with van der Waals surface area (Å²) in [5, 5.41) is 0. The van der Waals surface area contributed by atoms with Gasteiger partial charge in [0.05, 0.1) is 24.1 Å². The molecule has 0 spiro atoms. The molecule has 1 heterocycles. The van der Waals surface area contributed by atoms with E-state index in [1.54, 1.807) is 0 Å². The molecule has 1 aromatic rings. The normalized spacial score (nSPS) is 23.1. The summed E-state index contributed by atoms with van der Waals surface area (Å²) in [4.78, 5) is 0.138. The van der Waals surface area contributed by atoms with Crippen molar-refractivity contribution in [2.45, 2.75) is 38.1 Å². The summed E-state index contributed by atoms with van der Waals surface area (Å²) in [6.07, 6.45) is 1.30. The number of ether oxygens (including phenoxy) is 3. The average Bonchev–Trinajstić information content (AvgIpc) is 2.87. The molecule has 118 valence electrons. The molecule has 2 rings (SSSR count). The minimum Gasteiger partial charge on any atom is -0.490 e. The zero-order valence-electron chi connectivity index (χ0n) is 12.7. The van der Waals surface area contributed by atoms with E-state index in [1.807, 2.05) is 26.0 Å². The zero-order valence-corrected chi connectivity index (χ0v) is 15.9. The third-order valence-electron chi connectivity index (χ3n) is 3.69.